The van der Waals surface area contributed by atoms with Gasteiger partial charge in [-0.3, -0.25) is 0 Å². The first-order valence-electron chi connectivity index (χ1n) is 5.15. The maximum atomic E-state index is 13.1. The van der Waals surface area contributed by atoms with Crippen molar-refractivity contribution in [1.29, 1.82) is 0 Å². The molecule has 0 aliphatic heterocycles. The van der Waals surface area contributed by atoms with Crippen molar-refractivity contribution >= 4 is 0 Å². The summed E-state index contributed by atoms with van der Waals surface area (Å²) in [6.45, 7) is 3.83. The molecule has 1 atom stereocenters. The van der Waals surface area contributed by atoms with Crippen LogP contribution in [0, 0.1) is 12.7 Å². The molecule has 4 heteroatoms. The van der Waals surface area contributed by atoms with Crippen molar-refractivity contribution in [2.24, 2.45) is 5.73 Å². The molecule has 1 aromatic carbocycles. The van der Waals surface area contributed by atoms with E-state index < -0.39 is 0 Å². The molecule has 0 bridgehead atoms. The largest absolute Gasteiger partial charge is 0.324 e. The first-order chi connectivity index (χ1) is 7.59. The zero-order chi connectivity index (χ0) is 11.7. The maximum absolute atomic E-state index is 13.1. The van der Waals surface area contributed by atoms with Crippen LogP contribution in [-0.2, 0) is 0 Å². The number of halogens is 1. The van der Waals surface area contributed by atoms with Crippen LogP contribution in [0.1, 0.15) is 24.2 Å². The molecule has 3 nitrogen and oxygen atoms in total. The Labute approximate surface area is 93.7 Å². The average Bonchev–Trinajstić information content (AvgIpc) is 2.60. The van der Waals surface area contributed by atoms with E-state index >= 15 is 0 Å². The van der Waals surface area contributed by atoms with Crippen LogP contribution in [-0.4, -0.2) is 9.78 Å². The zero-order valence-corrected chi connectivity index (χ0v) is 9.31. The van der Waals surface area contributed by atoms with Crippen LogP contribution in [0.25, 0.3) is 5.69 Å². The van der Waals surface area contributed by atoms with Gasteiger partial charge in [0.15, 0.2) is 0 Å². The van der Waals surface area contributed by atoms with Gasteiger partial charge in [-0.2, -0.15) is 5.10 Å². The Morgan fingerprint density at radius 1 is 1.44 bits per heavy atom. The molecule has 1 heterocycles. The van der Waals surface area contributed by atoms with Crippen molar-refractivity contribution in [3.05, 3.63) is 47.5 Å². The Balaban J connectivity index is 2.49. The highest BCUT2D eigenvalue weighted by molar-refractivity contribution is 5.35. The minimum Gasteiger partial charge on any atom is -0.324 e. The van der Waals surface area contributed by atoms with Crippen LogP contribution in [0.2, 0.25) is 0 Å². The average molecular weight is 219 g/mol. The van der Waals surface area contributed by atoms with Crippen molar-refractivity contribution in [2.75, 3.05) is 0 Å². The van der Waals surface area contributed by atoms with Gasteiger partial charge in [0.05, 0.1) is 11.9 Å². The molecule has 0 unspecified atom stereocenters. The van der Waals surface area contributed by atoms with Crippen LogP contribution in [0.5, 0.6) is 0 Å². The molecule has 0 amide bonds. The molecule has 0 radical (unpaired) electrons. The van der Waals surface area contributed by atoms with Crippen LogP contribution in [0.4, 0.5) is 4.39 Å². The molecule has 0 fully saturated rings. The van der Waals surface area contributed by atoms with Gasteiger partial charge in [-0.05, 0) is 32.0 Å². The van der Waals surface area contributed by atoms with E-state index in [4.69, 9.17) is 5.73 Å². The summed E-state index contributed by atoms with van der Waals surface area (Å²) in [7, 11) is 0. The van der Waals surface area contributed by atoms with Crippen molar-refractivity contribution < 1.29 is 4.39 Å². The number of nitrogens with zero attached hydrogens (tertiary/aromatic N) is 2. The zero-order valence-electron chi connectivity index (χ0n) is 9.31. The number of aromatic nitrogens is 2. The van der Waals surface area contributed by atoms with E-state index in [1.165, 1.54) is 12.1 Å². The third kappa shape index (κ3) is 1.84. The molecule has 0 saturated heterocycles. The van der Waals surface area contributed by atoms with E-state index in [1.54, 1.807) is 16.9 Å². The van der Waals surface area contributed by atoms with Gasteiger partial charge in [0.2, 0.25) is 0 Å². The van der Waals surface area contributed by atoms with Crippen LogP contribution in [0.15, 0.2) is 30.5 Å². The lowest BCUT2D eigenvalue weighted by molar-refractivity contribution is 0.625. The van der Waals surface area contributed by atoms with Gasteiger partial charge in [-0.25, -0.2) is 9.07 Å². The van der Waals surface area contributed by atoms with E-state index in [2.05, 4.69) is 5.10 Å². The molecule has 2 N–H and O–H groups in total. The Morgan fingerprint density at radius 2 is 2.19 bits per heavy atom. The Hall–Kier alpha value is -1.68. The predicted octanol–water partition coefficient (Wildman–Crippen LogP) is 2.34. The van der Waals surface area contributed by atoms with Crippen molar-refractivity contribution in [2.45, 2.75) is 19.9 Å². The summed E-state index contributed by atoms with van der Waals surface area (Å²) >= 11 is 0. The number of rotatable bonds is 2. The predicted molar refractivity (Wildman–Crippen MR) is 60.9 cm³/mol. The summed E-state index contributed by atoms with van der Waals surface area (Å²) in [6, 6.07) is 6.27. The molecule has 0 saturated carbocycles. The molecule has 2 rings (SSSR count). The first-order valence-corrected chi connectivity index (χ1v) is 5.15. The second-order valence-electron chi connectivity index (χ2n) is 3.87. The van der Waals surface area contributed by atoms with Gasteiger partial charge in [0.1, 0.15) is 5.82 Å². The standard InChI is InChI=1S/C12H14FN3/c1-8(14)12-7-15-16(9(12)2)11-5-3-4-10(13)6-11/h3-8H,14H2,1-2H3/t8-/m1/s1. The molecule has 0 aliphatic rings. The van der Waals surface area contributed by atoms with E-state index in [0.717, 1.165) is 11.3 Å². The first kappa shape index (κ1) is 10.8. The number of benzene rings is 1. The molecule has 1 aromatic heterocycles. The van der Waals surface area contributed by atoms with Gasteiger partial charge in [-0.15, -0.1) is 0 Å². The van der Waals surface area contributed by atoms with Crippen LogP contribution in [0.3, 0.4) is 0 Å². The Kier molecular flexibility index (Phi) is 2.75. The van der Waals surface area contributed by atoms with E-state index in [9.17, 15) is 4.39 Å². The normalized spacial score (nSPS) is 12.8. The Bertz CT molecular complexity index is 503. The van der Waals surface area contributed by atoms with Crippen molar-refractivity contribution in [1.82, 2.24) is 9.78 Å². The number of hydrogen-bond donors (Lipinski definition) is 1. The smallest absolute Gasteiger partial charge is 0.125 e. The van der Waals surface area contributed by atoms with Crippen molar-refractivity contribution in [3.8, 4) is 5.69 Å². The summed E-state index contributed by atoms with van der Waals surface area (Å²) in [6.07, 6.45) is 1.73. The molecular formula is C12H14FN3. The molecule has 0 aliphatic carbocycles. The van der Waals surface area contributed by atoms with Gasteiger partial charge in [0, 0.05) is 17.3 Å². The molecule has 0 spiro atoms. The maximum Gasteiger partial charge on any atom is 0.125 e. The minimum absolute atomic E-state index is 0.0673. The summed E-state index contributed by atoms with van der Waals surface area (Å²) in [5.41, 5.74) is 8.44. The highest BCUT2D eigenvalue weighted by Gasteiger charge is 2.11. The molecule has 2 aromatic rings. The fourth-order valence-electron chi connectivity index (χ4n) is 1.74. The van der Waals surface area contributed by atoms with Gasteiger partial charge in [0.25, 0.3) is 0 Å². The third-order valence-corrected chi connectivity index (χ3v) is 2.59. The highest BCUT2D eigenvalue weighted by atomic mass is 19.1. The highest BCUT2D eigenvalue weighted by Crippen LogP contribution is 2.18. The second kappa shape index (κ2) is 4.06. The molecule has 84 valence electrons. The van der Waals surface area contributed by atoms with Gasteiger partial charge in [-0.1, -0.05) is 6.07 Å². The summed E-state index contributed by atoms with van der Waals surface area (Å²) in [5, 5.41) is 4.22. The number of hydrogen-bond acceptors (Lipinski definition) is 2. The molecule has 16 heavy (non-hydrogen) atoms. The van der Waals surface area contributed by atoms with Crippen LogP contribution >= 0.6 is 0 Å². The topological polar surface area (TPSA) is 43.8 Å². The minimum atomic E-state index is -0.269. The SMILES string of the molecule is Cc1c([C@@H](C)N)cnn1-c1cccc(F)c1. The lowest BCUT2D eigenvalue weighted by atomic mass is 10.1. The van der Waals surface area contributed by atoms with Crippen molar-refractivity contribution in [3.63, 3.8) is 0 Å². The Morgan fingerprint density at radius 3 is 2.75 bits per heavy atom. The van der Waals surface area contributed by atoms with Crippen LogP contribution < -0.4 is 5.73 Å². The van der Waals surface area contributed by atoms with E-state index in [0.29, 0.717) is 5.69 Å². The number of nitrogens with two attached hydrogens (primary N) is 1. The summed E-state index contributed by atoms with van der Waals surface area (Å²) in [4.78, 5) is 0. The third-order valence-electron chi connectivity index (χ3n) is 2.59. The molecular weight excluding hydrogens is 205 g/mol. The quantitative estimate of drug-likeness (QED) is 0.842. The lowest BCUT2D eigenvalue weighted by Gasteiger charge is -2.07. The summed E-state index contributed by atoms with van der Waals surface area (Å²) in [5.74, 6) is -0.269. The lowest BCUT2D eigenvalue weighted by Crippen LogP contribution is -2.07. The van der Waals surface area contributed by atoms with E-state index in [-0.39, 0.29) is 11.9 Å². The van der Waals surface area contributed by atoms with E-state index in [1.807, 2.05) is 19.9 Å². The van der Waals surface area contributed by atoms with Gasteiger partial charge >= 0.3 is 0 Å². The summed E-state index contributed by atoms with van der Waals surface area (Å²) < 4.78 is 14.8. The monoisotopic (exact) mass is 219 g/mol. The fraction of sp³-hybridized carbons (Fsp3) is 0.250. The fourth-order valence-corrected chi connectivity index (χ4v) is 1.74. The second-order valence-corrected chi connectivity index (χ2v) is 3.87. The van der Waals surface area contributed by atoms with Gasteiger partial charge < -0.3 is 5.73 Å².